The van der Waals surface area contributed by atoms with E-state index in [1.54, 1.807) is 6.20 Å². The Labute approximate surface area is 199 Å². The third kappa shape index (κ3) is 4.12. The molecule has 0 atom stereocenters. The van der Waals surface area contributed by atoms with Crippen molar-refractivity contribution < 1.29 is 22.0 Å². The van der Waals surface area contributed by atoms with Gasteiger partial charge in [0.1, 0.15) is 29.4 Å². The van der Waals surface area contributed by atoms with Crippen molar-refractivity contribution in [2.75, 3.05) is 10.5 Å². The fourth-order valence-corrected chi connectivity index (χ4v) is 5.73. The van der Waals surface area contributed by atoms with E-state index in [1.807, 2.05) is 4.57 Å². The van der Waals surface area contributed by atoms with Crippen LogP contribution in [0.25, 0.3) is 11.0 Å². The SMILES string of the molecule is Nc1ncnc2c1c(C(=O)c1ccc(NS(=O)(=O)c3c(F)cccc3F)cc1)cn2C1CCCC1. The van der Waals surface area contributed by atoms with Crippen LogP contribution in [0.2, 0.25) is 0 Å². The molecule has 1 fully saturated rings. The van der Waals surface area contributed by atoms with E-state index in [-0.39, 0.29) is 28.9 Å². The second-order valence-electron chi connectivity index (χ2n) is 8.41. The molecular weight excluding hydrogens is 476 g/mol. The standard InChI is InChI=1S/C24H21F2N5O3S/c25-18-6-3-7-19(26)22(18)35(33,34)30-15-10-8-14(9-11-15)21(32)17-12-31(16-4-1-2-5-16)24-20(17)23(27)28-13-29-24/h3,6-13,16,30H,1-2,4-5H2,(H2,27,28,29). The van der Waals surface area contributed by atoms with Crippen molar-refractivity contribution in [3.8, 4) is 0 Å². The van der Waals surface area contributed by atoms with Crippen LogP contribution in [0, 0.1) is 11.6 Å². The van der Waals surface area contributed by atoms with Crippen molar-refractivity contribution in [3.63, 3.8) is 0 Å². The van der Waals surface area contributed by atoms with E-state index in [2.05, 4.69) is 14.7 Å². The fourth-order valence-electron chi connectivity index (χ4n) is 4.53. The molecule has 1 saturated carbocycles. The first-order chi connectivity index (χ1) is 16.8. The Morgan fingerprint density at radius 3 is 2.34 bits per heavy atom. The molecule has 0 unspecified atom stereocenters. The highest BCUT2D eigenvalue weighted by Crippen LogP contribution is 2.35. The summed E-state index contributed by atoms with van der Waals surface area (Å²) in [5.41, 5.74) is 7.38. The van der Waals surface area contributed by atoms with Crippen LogP contribution >= 0.6 is 0 Å². The Bertz CT molecular complexity index is 1530. The third-order valence-corrected chi connectivity index (χ3v) is 7.62. The number of hydrogen-bond donors (Lipinski definition) is 2. The molecule has 2 heterocycles. The highest BCUT2D eigenvalue weighted by molar-refractivity contribution is 7.92. The zero-order valence-electron chi connectivity index (χ0n) is 18.4. The van der Waals surface area contributed by atoms with Crippen molar-refractivity contribution in [2.45, 2.75) is 36.6 Å². The summed E-state index contributed by atoms with van der Waals surface area (Å²) in [6.45, 7) is 0. The summed E-state index contributed by atoms with van der Waals surface area (Å²) >= 11 is 0. The molecule has 35 heavy (non-hydrogen) atoms. The quantitative estimate of drug-likeness (QED) is 0.380. The van der Waals surface area contributed by atoms with Gasteiger partial charge in [-0.3, -0.25) is 9.52 Å². The van der Waals surface area contributed by atoms with Crippen LogP contribution in [0.5, 0.6) is 0 Å². The monoisotopic (exact) mass is 497 g/mol. The third-order valence-electron chi connectivity index (χ3n) is 6.19. The number of carbonyl (C=O) groups is 1. The first-order valence-corrected chi connectivity index (χ1v) is 12.5. The summed E-state index contributed by atoms with van der Waals surface area (Å²) in [5.74, 6) is -2.54. The van der Waals surface area contributed by atoms with Gasteiger partial charge < -0.3 is 10.3 Å². The van der Waals surface area contributed by atoms with Crippen LogP contribution in [0.3, 0.4) is 0 Å². The van der Waals surface area contributed by atoms with Crippen LogP contribution < -0.4 is 10.5 Å². The van der Waals surface area contributed by atoms with E-state index in [1.165, 1.54) is 30.6 Å². The number of sulfonamides is 1. The number of rotatable bonds is 6. The van der Waals surface area contributed by atoms with Crippen LogP contribution in [-0.4, -0.2) is 28.7 Å². The van der Waals surface area contributed by atoms with E-state index < -0.39 is 26.6 Å². The number of carbonyl (C=O) groups excluding carboxylic acids is 1. The van der Waals surface area contributed by atoms with Gasteiger partial charge >= 0.3 is 0 Å². The second kappa shape index (κ2) is 8.73. The van der Waals surface area contributed by atoms with Gasteiger partial charge in [-0.2, -0.15) is 0 Å². The fraction of sp³-hybridized carbons (Fsp3) is 0.208. The van der Waals surface area contributed by atoms with Gasteiger partial charge in [-0.15, -0.1) is 0 Å². The first kappa shape index (κ1) is 22.9. The lowest BCUT2D eigenvalue weighted by atomic mass is 10.0. The minimum Gasteiger partial charge on any atom is -0.383 e. The second-order valence-corrected chi connectivity index (χ2v) is 10.0. The van der Waals surface area contributed by atoms with Gasteiger partial charge in [-0.25, -0.2) is 27.2 Å². The van der Waals surface area contributed by atoms with Gasteiger partial charge in [0.25, 0.3) is 10.0 Å². The van der Waals surface area contributed by atoms with Crippen molar-refractivity contribution in [1.82, 2.24) is 14.5 Å². The molecule has 0 amide bonds. The van der Waals surface area contributed by atoms with E-state index in [0.29, 0.717) is 16.6 Å². The lowest BCUT2D eigenvalue weighted by Gasteiger charge is -2.12. The number of fused-ring (bicyclic) bond motifs is 1. The van der Waals surface area contributed by atoms with E-state index in [0.717, 1.165) is 43.9 Å². The molecule has 0 saturated heterocycles. The van der Waals surface area contributed by atoms with Gasteiger partial charge in [0.15, 0.2) is 10.7 Å². The molecular formula is C24H21F2N5O3S. The average molecular weight is 498 g/mol. The molecule has 0 radical (unpaired) electrons. The Balaban J connectivity index is 1.46. The van der Waals surface area contributed by atoms with Crippen molar-refractivity contribution in [1.29, 1.82) is 0 Å². The predicted octanol–water partition coefficient (Wildman–Crippen LogP) is 4.44. The molecule has 5 rings (SSSR count). The topological polar surface area (TPSA) is 120 Å². The molecule has 180 valence electrons. The number of hydrogen-bond acceptors (Lipinski definition) is 6. The Kier molecular flexibility index (Phi) is 5.72. The number of anilines is 2. The zero-order chi connectivity index (χ0) is 24.7. The first-order valence-electron chi connectivity index (χ1n) is 11.0. The average Bonchev–Trinajstić information content (AvgIpc) is 3.47. The maximum absolute atomic E-state index is 14.0. The smallest absolute Gasteiger partial charge is 0.267 e. The van der Waals surface area contributed by atoms with Gasteiger partial charge in [0.2, 0.25) is 0 Å². The summed E-state index contributed by atoms with van der Waals surface area (Å²) in [5, 5.41) is 0.476. The lowest BCUT2D eigenvalue weighted by Crippen LogP contribution is -2.16. The molecule has 11 heteroatoms. The van der Waals surface area contributed by atoms with Crippen molar-refractivity contribution in [3.05, 3.63) is 77.8 Å². The maximum Gasteiger partial charge on any atom is 0.267 e. The van der Waals surface area contributed by atoms with Crippen LogP contribution in [0.1, 0.15) is 47.6 Å². The van der Waals surface area contributed by atoms with Crippen LogP contribution in [0.15, 0.2) is 59.9 Å². The molecule has 0 spiro atoms. The van der Waals surface area contributed by atoms with Crippen molar-refractivity contribution >= 4 is 38.3 Å². The predicted molar refractivity (Wildman–Crippen MR) is 126 cm³/mol. The Morgan fingerprint density at radius 2 is 1.69 bits per heavy atom. The van der Waals surface area contributed by atoms with E-state index in [4.69, 9.17) is 5.73 Å². The lowest BCUT2D eigenvalue weighted by molar-refractivity contribution is 0.104. The number of nitrogen functional groups attached to an aromatic ring is 1. The van der Waals surface area contributed by atoms with Crippen molar-refractivity contribution in [2.24, 2.45) is 0 Å². The number of aromatic nitrogens is 3. The molecule has 3 N–H and O–H groups in total. The zero-order valence-corrected chi connectivity index (χ0v) is 19.2. The molecule has 8 nitrogen and oxygen atoms in total. The normalized spacial score (nSPS) is 14.5. The number of nitrogens with zero attached hydrogens (tertiary/aromatic N) is 3. The Hall–Kier alpha value is -3.86. The molecule has 4 aromatic rings. The van der Waals surface area contributed by atoms with E-state index in [9.17, 15) is 22.0 Å². The summed E-state index contributed by atoms with van der Waals surface area (Å²) in [4.78, 5) is 20.7. The number of nitrogens with two attached hydrogens (primary N) is 1. The maximum atomic E-state index is 14.0. The number of nitrogens with one attached hydrogen (secondary N) is 1. The minimum atomic E-state index is -4.52. The molecule has 2 aromatic carbocycles. The highest BCUT2D eigenvalue weighted by Gasteiger charge is 2.26. The van der Waals surface area contributed by atoms with Gasteiger partial charge in [-0.05, 0) is 49.2 Å². The van der Waals surface area contributed by atoms with Gasteiger partial charge in [0, 0.05) is 23.5 Å². The summed E-state index contributed by atoms with van der Waals surface area (Å²) in [6.07, 6.45) is 7.30. The molecule has 0 aliphatic heterocycles. The number of halogens is 2. The molecule has 2 aromatic heterocycles. The Morgan fingerprint density at radius 1 is 1.03 bits per heavy atom. The largest absolute Gasteiger partial charge is 0.383 e. The highest BCUT2D eigenvalue weighted by atomic mass is 32.2. The number of benzene rings is 2. The van der Waals surface area contributed by atoms with Gasteiger partial charge in [-0.1, -0.05) is 18.9 Å². The molecule has 0 bridgehead atoms. The minimum absolute atomic E-state index is 0.0421. The van der Waals surface area contributed by atoms with Gasteiger partial charge in [0.05, 0.1) is 10.9 Å². The van der Waals surface area contributed by atoms with Crippen LogP contribution in [-0.2, 0) is 10.0 Å². The van der Waals surface area contributed by atoms with Crippen LogP contribution in [0.4, 0.5) is 20.3 Å². The molecule has 1 aliphatic rings. The molecule has 1 aliphatic carbocycles. The summed E-state index contributed by atoms with van der Waals surface area (Å²) in [7, 11) is -4.52. The van der Waals surface area contributed by atoms with E-state index >= 15 is 0 Å². The number of ketones is 1. The summed E-state index contributed by atoms with van der Waals surface area (Å²) < 4.78 is 57.0. The summed E-state index contributed by atoms with van der Waals surface area (Å²) in [6, 6.07) is 8.56.